The fourth-order valence-corrected chi connectivity index (χ4v) is 1.97. The Kier molecular flexibility index (Phi) is 6.97. The fraction of sp³-hybridized carbons (Fsp3) is 0.353. The first-order valence-electron chi connectivity index (χ1n) is 7.95. The smallest absolute Gasteiger partial charge is 0.407 e. The Morgan fingerprint density at radius 1 is 1.20 bits per heavy atom. The molecule has 1 aromatic carbocycles. The Morgan fingerprint density at radius 3 is 2.68 bits per heavy atom. The van der Waals surface area contributed by atoms with Crippen molar-refractivity contribution < 1.29 is 14.3 Å². The first-order chi connectivity index (χ1) is 12.0. The van der Waals surface area contributed by atoms with E-state index in [9.17, 15) is 9.59 Å². The van der Waals surface area contributed by atoms with Crippen LogP contribution in [0.5, 0.6) is 0 Å². The number of nitrogens with zero attached hydrogens (tertiary/aromatic N) is 3. The standard InChI is InChI=1S/C17H23N5O3/c1-21(2)10-11-22-9-8-15(20-22)19-16(23)12-18-17(24)25-13-14-6-4-3-5-7-14/h3-9H,10-13H2,1-2H3,(H,18,24)(H,19,20,23). The number of rotatable bonds is 8. The van der Waals surface area contributed by atoms with Gasteiger partial charge >= 0.3 is 6.09 Å². The van der Waals surface area contributed by atoms with Crippen LogP contribution in [0.4, 0.5) is 10.6 Å². The maximum absolute atomic E-state index is 11.8. The second-order valence-electron chi connectivity index (χ2n) is 5.73. The first-order valence-corrected chi connectivity index (χ1v) is 7.95. The number of ether oxygens (including phenoxy) is 1. The lowest BCUT2D eigenvalue weighted by Crippen LogP contribution is -2.33. The van der Waals surface area contributed by atoms with Gasteiger partial charge < -0.3 is 20.3 Å². The zero-order chi connectivity index (χ0) is 18.1. The zero-order valence-electron chi connectivity index (χ0n) is 14.4. The highest BCUT2D eigenvalue weighted by Gasteiger charge is 2.08. The molecule has 0 unspecified atom stereocenters. The van der Waals surface area contributed by atoms with Gasteiger partial charge in [0, 0.05) is 18.8 Å². The summed E-state index contributed by atoms with van der Waals surface area (Å²) in [7, 11) is 3.96. The zero-order valence-corrected chi connectivity index (χ0v) is 14.4. The summed E-state index contributed by atoms with van der Waals surface area (Å²) in [5.41, 5.74) is 0.880. The van der Waals surface area contributed by atoms with Crippen LogP contribution >= 0.6 is 0 Å². The number of likely N-dealkylation sites (N-methyl/N-ethyl adjacent to an activating group) is 1. The first kappa shape index (κ1) is 18.5. The molecule has 8 heteroatoms. The van der Waals surface area contributed by atoms with Crippen LogP contribution in [0.15, 0.2) is 42.6 Å². The number of nitrogens with one attached hydrogen (secondary N) is 2. The minimum Gasteiger partial charge on any atom is -0.445 e. The van der Waals surface area contributed by atoms with Gasteiger partial charge in [-0.05, 0) is 19.7 Å². The minimum absolute atomic E-state index is 0.157. The quantitative estimate of drug-likeness (QED) is 0.753. The van der Waals surface area contributed by atoms with Crippen molar-refractivity contribution in [3.8, 4) is 0 Å². The van der Waals surface area contributed by atoms with E-state index < -0.39 is 6.09 Å². The lowest BCUT2D eigenvalue weighted by molar-refractivity contribution is -0.115. The third-order valence-electron chi connectivity index (χ3n) is 3.29. The van der Waals surface area contributed by atoms with E-state index in [1.54, 1.807) is 16.9 Å². The molecule has 0 atom stereocenters. The molecule has 25 heavy (non-hydrogen) atoms. The van der Waals surface area contributed by atoms with E-state index in [1.165, 1.54) is 0 Å². The van der Waals surface area contributed by atoms with E-state index in [0.717, 1.165) is 18.7 Å². The molecule has 1 aromatic heterocycles. The monoisotopic (exact) mass is 345 g/mol. The van der Waals surface area contributed by atoms with Crippen LogP contribution in [-0.2, 0) is 22.7 Å². The minimum atomic E-state index is -0.643. The average Bonchev–Trinajstić information content (AvgIpc) is 3.04. The second-order valence-corrected chi connectivity index (χ2v) is 5.73. The molecule has 0 bridgehead atoms. The van der Waals surface area contributed by atoms with Crippen molar-refractivity contribution in [3.05, 3.63) is 48.2 Å². The normalized spacial score (nSPS) is 10.5. The number of carbonyl (C=O) groups excluding carboxylic acids is 2. The van der Waals surface area contributed by atoms with Crippen molar-refractivity contribution in [1.29, 1.82) is 0 Å². The Labute approximate surface area is 146 Å². The molecule has 0 saturated carbocycles. The van der Waals surface area contributed by atoms with Crippen molar-refractivity contribution in [2.45, 2.75) is 13.2 Å². The molecule has 0 aliphatic heterocycles. The molecule has 2 amide bonds. The van der Waals surface area contributed by atoms with Gasteiger partial charge in [-0.3, -0.25) is 9.48 Å². The van der Waals surface area contributed by atoms with Gasteiger partial charge in [-0.25, -0.2) is 4.79 Å². The fourth-order valence-electron chi connectivity index (χ4n) is 1.97. The van der Waals surface area contributed by atoms with Crippen LogP contribution < -0.4 is 10.6 Å². The highest BCUT2D eigenvalue weighted by Crippen LogP contribution is 2.02. The maximum Gasteiger partial charge on any atom is 0.407 e. The molecule has 134 valence electrons. The van der Waals surface area contributed by atoms with Crippen molar-refractivity contribution >= 4 is 17.8 Å². The number of aromatic nitrogens is 2. The SMILES string of the molecule is CN(C)CCn1ccc(NC(=O)CNC(=O)OCc2ccccc2)n1. The van der Waals surface area contributed by atoms with Crippen LogP contribution in [0.2, 0.25) is 0 Å². The molecular weight excluding hydrogens is 322 g/mol. The summed E-state index contributed by atoms with van der Waals surface area (Å²) in [5, 5.41) is 9.27. The number of carbonyl (C=O) groups is 2. The van der Waals surface area contributed by atoms with E-state index >= 15 is 0 Å². The van der Waals surface area contributed by atoms with E-state index in [1.807, 2.05) is 49.3 Å². The molecule has 1 heterocycles. The van der Waals surface area contributed by atoms with E-state index in [2.05, 4.69) is 15.7 Å². The van der Waals surface area contributed by atoms with E-state index in [0.29, 0.717) is 5.82 Å². The molecule has 0 aliphatic rings. The summed E-state index contributed by atoms with van der Waals surface area (Å²) in [5.74, 6) is 0.0812. The number of benzene rings is 1. The van der Waals surface area contributed by atoms with Crippen LogP contribution in [0.1, 0.15) is 5.56 Å². The number of hydrogen-bond acceptors (Lipinski definition) is 5. The molecule has 2 rings (SSSR count). The van der Waals surface area contributed by atoms with Crippen LogP contribution in [0, 0.1) is 0 Å². The molecule has 0 aliphatic carbocycles. The number of anilines is 1. The third kappa shape index (κ3) is 7.05. The Hall–Kier alpha value is -2.87. The Balaban J connectivity index is 1.67. The molecule has 2 N–H and O–H groups in total. The van der Waals surface area contributed by atoms with Gasteiger partial charge in [0.05, 0.1) is 6.54 Å². The summed E-state index contributed by atoms with van der Waals surface area (Å²) < 4.78 is 6.78. The summed E-state index contributed by atoms with van der Waals surface area (Å²) in [6.45, 7) is 1.56. The second kappa shape index (κ2) is 9.43. The van der Waals surface area contributed by atoms with Crippen LogP contribution in [0.3, 0.4) is 0 Å². The van der Waals surface area contributed by atoms with Crippen molar-refractivity contribution in [1.82, 2.24) is 20.0 Å². The molecule has 0 spiro atoms. The molecule has 0 saturated heterocycles. The van der Waals surface area contributed by atoms with Crippen molar-refractivity contribution in [3.63, 3.8) is 0 Å². The van der Waals surface area contributed by atoms with Gasteiger partial charge in [-0.1, -0.05) is 30.3 Å². The lowest BCUT2D eigenvalue weighted by atomic mass is 10.2. The Bertz CT molecular complexity index is 685. The van der Waals surface area contributed by atoms with Gasteiger partial charge in [0.15, 0.2) is 5.82 Å². The van der Waals surface area contributed by atoms with Crippen molar-refractivity contribution in [2.24, 2.45) is 0 Å². The van der Waals surface area contributed by atoms with Crippen LogP contribution in [-0.4, -0.2) is 53.9 Å². The summed E-state index contributed by atoms with van der Waals surface area (Å²) >= 11 is 0. The van der Waals surface area contributed by atoms with Gasteiger partial charge in [0.25, 0.3) is 0 Å². The molecule has 0 fully saturated rings. The number of amides is 2. The number of alkyl carbamates (subject to hydrolysis) is 1. The summed E-state index contributed by atoms with van der Waals surface area (Å²) in [6, 6.07) is 11.0. The lowest BCUT2D eigenvalue weighted by Gasteiger charge is -2.09. The molecule has 8 nitrogen and oxygen atoms in total. The van der Waals surface area contributed by atoms with Gasteiger partial charge in [-0.15, -0.1) is 0 Å². The van der Waals surface area contributed by atoms with Gasteiger partial charge in [0.2, 0.25) is 5.91 Å². The highest BCUT2D eigenvalue weighted by atomic mass is 16.5. The van der Waals surface area contributed by atoms with Crippen molar-refractivity contribution in [2.75, 3.05) is 32.5 Å². The highest BCUT2D eigenvalue weighted by molar-refractivity contribution is 5.92. The molecule has 0 radical (unpaired) electrons. The van der Waals surface area contributed by atoms with Gasteiger partial charge in [-0.2, -0.15) is 5.10 Å². The largest absolute Gasteiger partial charge is 0.445 e. The van der Waals surface area contributed by atoms with E-state index in [4.69, 9.17) is 4.74 Å². The molecule has 2 aromatic rings. The molecular formula is C17H23N5O3. The average molecular weight is 345 g/mol. The summed E-state index contributed by atoms with van der Waals surface area (Å²) in [4.78, 5) is 25.5. The number of hydrogen-bond donors (Lipinski definition) is 2. The van der Waals surface area contributed by atoms with E-state index in [-0.39, 0.29) is 19.1 Å². The topological polar surface area (TPSA) is 88.5 Å². The Morgan fingerprint density at radius 2 is 1.96 bits per heavy atom. The summed E-state index contributed by atoms with van der Waals surface area (Å²) in [6.07, 6.45) is 1.15. The predicted octanol–water partition coefficient (Wildman–Crippen LogP) is 1.31. The third-order valence-corrected chi connectivity index (χ3v) is 3.29. The van der Waals surface area contributed by atoms with Crippen LogP contribution in [0.25, 0.3) is 0 Å². The predicted molar refractivity (Wildman–Crippen MR) is 94.0 cm³/mol. The van der Waals surface area contributed by atoms with Gasteiger partial charge in [0.1, 0.15) is 13.2 Å². The maximum atomic E-state index is 11.8.